The van der Waals surface area contributed by atoms with E-state index in [4.69, 9.17) is 12.2 Å². The number of rotatable bonds is 6. The van der Waals surface area contributed by atoms with Gasteiger partial charge >= 0.3 is 0 Å². The van der Waals surface area contributed by atoms with E-state index in [0.29, 0.717) is 19.4 Å². The molecule has 0 aliphatic heterocycles. The van der Waals surface area contributed by atoms with E-state index in [2.05, 4.69) is 5.92 Å². The number of ketones is 1. The van der Waals surface area contributed by atoms with Crippen LogP contribution in [0.25, 0.3) is 0 Å². The SMILES string of the molecule is C#CCCC(=O)C(CC)(CC)CN. The van der Waals surface area contributed by atoms with Crippen LogP contribution in [0.1, 0.15) is 39.5 Å². The summed E-state index contributed by atoms with van der Waals surface area (Å²) in [6.07, 6.45) is 7.72. The molecule has 2 N–H and O–H groups in total. The summed E-state index contributed by atoms with van der Waals surface area (Å²) in [6, 6.07) is 0. The Labute approximate surface area is 80.9 Å². The van der Waals surface area contributed by atoms with Crippen LogP contribution >= 0.6 is 0 Å². The molecule has 13 heavy (non-hydrogen) atoms. The Morgan fingerprint density at radius 2 is 2.00 bits per heavy atom. The standard InChI is InChI=1S/C11H19NO/c1-4-7-8-10(13)11(5-2,6-3)9-12/h1H,5-9,12H2,2-3H3. The molecule has 0 atom stereocenters. The summed E-state index contributed by atoms with van der Waals surface area (Å²) in [6.45, 7) is 4.44. The molecule has 0 saturated carbocycles. The van der Waals surface area contributed by atoms with Crippen LogP contribution in [0.2, 0.25) is 0 Å². The minimum Gasteiger partial charge on any atom is -0.329 e. The van der Waals surface area contributed by atoms with Gasteiger partial charge in [-0.15, -0.1) is 12.3 Å². The molecule has 0 amide bonds. The van der Waals surface area contributed by atoms with E-state index in [1.54, 1.807) is 0 Å². The fraction of sp³-hybridized carbons (Fsp3) is 0.727. The van der Waals surface area contributed by atoms with E-state index in [1.807, 2.05) is 13.8 Å². The van der Waals surface area contributed by atoms with Crippen LogP contribution in [0.15, 0.2) is 0 Å². The second-order valence-corrected chi connectivity index (χ2v) is 3.32. The van der Waals surface area contributed by atoms with Crippen LogP contribution in [-0.4, -0.2) is 12.3 Å². The number of hydrogen-bond acceptors (Lipinski definition) is 2. The molecule has 2 nitrogen and oxygen atoms in total. The zero-order chi connectivity index (χ0) is 10.3. The number of Topliss-reactive ketones (excluding diaryl/α,β-unsaturated/α-hetero) is 1. The number of nitrogens with two attached hydrogens (primary N) is 1. The number of carbonyl (C=O) groups excluding carboxylic acids is 1. The van der Waals surface area contributed by atoms with Crippen molar-refractivity contribution in [2.24, 2.45) is 11.1 Å². The summed E-state index contributed by atoms with van der Waals surface area (Å²) in [5, 5.41) is 0. The topological polar surface area (TPSA) is 43.1 Å². The first-order valence-corrected chi connectivity index (χ1v) is 4.83. The van der Waals surface area contributed by atoms with Gasteiger partial charge in [0.25, 0.3) is 0 Å². The largest absolute Gasteiger partial charge is 0.329 e. The third kappa shape index (κ3) is 2.86. The highest BCUT2D eigenvalue weighted by Crippen LogP contribution is 2.27. The highest BCUT2D eigenvalue weighted by Gasteiger charge is 2.31. The average molecular weight is 181 g/mol. The zero-order valence-electron chi connectivity index (χ0n) is 8.60. The lowest BCUT2D eigenvalue weighted by molar-refractivity contribution is -0.128. The van der Waals surface area contributed by atoms with Crippen LogP contribution in [0.4, 0.5) is 0 Å². The van der Waals surface area contributed by atoms with Crippen molar-refractivity contribution < 1.29 is 4.79 Å². The maximum absolute atomic E-state index is 11.7. The minimum atomic E-state index is -0.323. The van der Waals surface area contributed by atoms with Gasteiger partial charge in [-0.25, -0.2) is 0 Å². The lowest BCUT2D eigenvalue weighted by Gasteiger charge is -2.28. The van der Waals surface area contributed by atoms with Crippen LogP contribution < -0.4 is 5.73 Å². The summed E-state index contributed by atoms with van der Waals surface area (Å²) in [5.74, 6) is 2.70. The molecule has 2 heteroatoms. The van der Waals surface area contributed by atoms with Crippen molar-refractivity contribution in [2.45, 2.75) is 39.5 Å². The maximum atomic E-state index is 11.7. The van der Waals surface area contributed by atoms with Gasteiger partial charge in [0.05, 0.1) is 0 Å². The Morgan fingerprint density at radius 1 is 1.46 bits per heavy atom. The number of terminal acetylenes is 1. The Hall–Kier alpha value is -0.810. The normalized spacial score (nSPS) is 10.9. The molecule has 0 unspecified atom stereocenters. The van der Waals surface area contributed by atoms with E-state index >= 15 is 0 Å². The highest BCUT2D eigenvalue weighted by molar-refractivity contribution is 5.85. The molecule has 0 aromatic rings. The van der Waals surface area contributed by atoms with Crippen LogP contribution in [0.5, 0.6) is 0 Å². The minimum absolute atomic E-state index is 0.220. The van der Waals surface area contributed by atoms with Gasteiger partial charge < -0.3 is 5.73 Å². The summed E-state index contributed by atoms with van der Waals surface area (Å²) in [5.41, 5.74) is 5.31. The lowest BCUT2D eigenvalue weighted by Crippen LogP contribution is -2.37. The molecule has 0 aliphatic carbocycles. The summed E-state index contributed by atoms with van der Waals surface area (Å²) in [4.78, 5) is 11.7. The number of hydrogen-bond donors (Lipinski definition) is 1. The Bertz CT molecular complexity index is 190. The van der Waals surface area contributed by atoms with Gasteiger partial charge in [0.1, 0.15) is 5.78 Å². The molecule has 0 bridgehead atoms. The molecule has 0 spiro atoms. The van der Waals surface area contributed by atoms with E-state index in [0.717, 1.165) is 12.8 Å². The van der Waals surface area contributed by atoms with Crippen LogP contribution in [0, 0.1) is 17.8 Å². The Kier molecular flexibility index (Phi) is 5.41. The smallest absolute Gasteiger partial charge is 0.141 e. The number of carbonyl (C=O) groups is 1. The second kappa shape index (κ2) is 5.77. The predicted molar refractivity (Wildman–Crippen MR) is 55.1 cm³/mol. The molecule has 0 aliphatic rings. The average Bonchev–Trinajstić information content (AvgIpc) is 2.18. The van der Waals surface area contributed by atoms with Crippen molar-refractivity contribution in [1.29, 1.82) is 0 Å². The van der Waals surface area contributed by atoms with Crippen molar-refractivity contribution >= 4 is 5.78 Å². The molecule has 0 aromatic heterocycles. The summed E-state index contributed by atoms with van der Waals surface area (Å²) < 4.78 is 0. The molecular formula is C11H19NO. The van der Waals surface area contributed by atoms with Gasteiger partial charge in [-0.05, 0) is 12.8 Å². The first-order valence-electron chi connectivity index (χ1n) is 4.83. The quantitative estimate of drug-likeness (QED) is 0.634. The third-order valence-electron chi connectivity index (χ3n) is 2.83. The molecule has 0 heterocycles. The van der Waals surface area contributed by atoms with Gasteiger partial charge in [-0.3, -0.25) is 4.79 Å². The summed E-state index contributed by atoms with van der Waals surface area (Å²) >= 11 is 0. The van der Waals surface area contributed by atoms with Crippen molar-refractivity contribution in [3.05, 3.63) is 0 Å². The zero-order valence-corrected chi connectivity index (χ0v) is 8.60. The van der Waals surface area contributed by atoms with Crippen molar-refractivity contribution in [3.63, 3.8) is 0 Å². The molecule has 74 valence electrons. The van der Waals surface area contributed by atoms with Gasteiger partial charge in [0.2, 0.25) is 0 Å². The molecular weight excluding hydrogens is 162 g/mol. The van der Waals surface area contributed by atoms with Gasteiger partial charge in [-0.1, -0.05) is 13.8 Å². The first-order chi connectivity index (χ1) is 6.16. The highest BCUT2D eigenvalue weighted by atomic mass is 16.1. The lowest BCUT2D eigenvalue weighted by atomic mass is 9.77. The van der Waals surface area contributed by atoms with Crippen molar-refractivity contribution in [1.82, 2.24) is 0 Å². The fourth-order valence-corrected chi connectivity index (χ4v) is 1.50. The van der Waals surface area contributed by atoms with Crippen LogP contribution in [-0.2, 0) is 4.79 Å². The van der Waals surface area contributed by atoms with E-state index < -0.39 is 0 Å². The van der Waals surface area contributed by atoms with Gasteiger partial charge in [0.15, 0.2) is 0 Å². The molecule has 0 rings (SSSR count). The first kappa shape index (κ1) is 12.2. The monoisotopic (exact) mass is 181 g/mol. The summed E-state index contributed by atoms with van der Waals surface area (Å²) in [7, 11) is 0. The fourth-order valence-electron chi connectivity index (χ4n) is 1.50. The van der Waals surface area contributed by atoms with Gasteiger partial charge in [0, 0.05) is 24.8 Å². The molecule has 0 fully saturated rings. The third-order valence-corrected chi connectivity index (χ3v) is 2.83. The van der Waals surface area contributed by atoms with Crippen molar-refractivity contribution in [3.8, 4) is 12.3 Å². The molecule has 0 aromatic carbocycles. The van der Waals surface area contributed by atoms with E-state index in [1.165, 1.54) is 0 Å². The Morgan fingerprint density at radius 3 is 2.31 bits per heavy atom. The predicted octanol–water partition coefficient (Wildman–Crippen LogP) is 1.73. The van der Waals surface area contributed by atoms with E-state index in [9.17, 15) is 4.79 Å². The van der Waals surface area contributed by atoms with Gasteiger partial charge in [-0.2, -0.15) is 0 Å². The Balaban J connectivity index is 4.37. The molecule has 0 saturated heterocycles. The van der Waals surface area contributed by atoms with E-state index in [-0.39, 0.29) is 11.2 Å². The van der Waals surface area contributed by atoms with Crippen LogP contribution in [0.3, 0.4) is 0 Å². The second-order valence-electron chi connectivity index (χ2n) is 3.32. The van der Waals surface area contributed by atoms with Crippen molar-refractivity contribution in [2.75, 3.05) is 6.54 Å². The molecule has 0 radical (unpaired) electrons. The maximum Gasteiger partial charge on any atom is 0.141 e.